The summed E-state index contributed by atoms with van der Waals surface area (Å²) in [5.74, 6) is 0.869. The highest BCUT2D eigenvalue weighted by atomic mass is 15.1. The second-order valence-electron chi connectivity index (χ2n) is 4.34. The van der Waals surface area contributed by atoms with Gasteiger partial charge < -0.3 is 5.32 Å². The molecule has 0 spiro atoms. The van der Waals surface area contributed by atoms with Crippen LogP contribution in [0.3, 0.4) is 0 Å². The zero-order valence-corrected chi connectivity index (χ0v) is 9.45. The molecule has 1 aromatic carbocycles. The minimum absolute atomic E-state index is 0.869. The first-order valence-electron chi connectivity index (χ1n) is 5.85. The van der Waals surface area contributed by atoms with Crippen LogP contribution in [0.2, 0.25) is 0 Å². The molecule has 1 aliphatic rings. The zero-order chi connectivity index (χ0) is 10.5. The maximum atomic E-state index is 3.33. The number of nitrogens with zero attached hydrogens (tertiary/aromatic N) is 1. The topological polar surface area (TPSA) is 15.3 Å². The van der Waals surface area contributed by atoms with E-state index in [1.165, 1.54) is 25.2 Å². The van der Waals surface area contributed by atoms with Crippen LogP contribution in [0.25, 0.3) is 0 Å². The van der Waals surface area contributed by atoms with E-state index in [-0.39, 0.29) is 0 Å². The van der Waals surface area contributed by atoms with Gasteiger partial charge in [-0.05, 0) is 18.0 Å². The van der Waals surface area contributed by atoms with Crippen molar-refractivity contribution in [1.82, 2.24) is 10.2 Å². The predicted molar refractivity (Wildman–Crippen MR) is 63.8 cm³/mol. The van der Waals surface area contributed by atoms with Crippen LogP contribution >= 0.6 is 0 Å². The van der Waals surface area contributed by atoms with E-state index >= 15 is 0 Å². The minimum Gasteiger partial charge on any atom is -0.316 e. The van der Waals surface area contributed by atoms with E-state index in [1.807, 2.05) is 0 Å². The lowest BCUT2D eigenvalue weighted by Gasteiger charge is -2.32. The van der Waals surface area contributed by atoms with Gasteiger partial charge in [-0.15, -0.1) is 0 Å². The molecule has 1 saturated heterocycles. The summed E-state index contributed by atoms with van der Waals surface area (Å²) in [5.41, 5.74) is 1.42. The first-order chi connectivity index (χ1) is 7.38. The van der Waals surface area contributed by atoms with Crippen molar-refractivity contribution in [1.29, 1.82) is 0 Å². The first-order valence-corrected chi connectivity index (χ1v) is 5.85. The smallest absolute Gasteiger partial charge is 0.0233 e. The van der Waals surface area contributed by atoms with Gasteiger partial charge in [0.05, 0.1) is 0 Å². The molecular formula is C13H20N2. The van der Waals surface area contributed by atoms with Crippen molar-refractivity contribution >= 4 is 0 Å². The van der Waals surface area contributed by atoms with Gasteiger partial charge in [0.2, 0.25) is 0 Å². The van der Waals surface area contributed by atoms with Crippen molar-refractivity contribution in [3.8, 4) is 0 Å². The van der Waals surface area contributed by atoms with Crippen LogP contribution in [0, 0.1) is 5.92 Å². The van der Waals surface area contributed by atoms with E-state index in [0.717, 1.165) is 19.0 Å². The predicted octanol–water partition coefficient (Wildman–Crippen LogP) is 1.73. The van der Waals surface area contributed by atoms with Gasteiger partial charge >= 0.3 is 0 Å². The molecule has 1 fully saturated rings. The quantitative estimate of drug-likeness (QED) is 0.786. The molecule has 0 saturated carbocycles. The number of hydrogen-bond donors (Lipinski definition) is 1. The Morgan fingerprint density at radius 3 is 2.53 bits per heavy atom. The molecule has 0 atom stereocenters. The normalized spacial score (nSPS) is 16.7. The monoisotopic (exact) mass is 204 g/mol. The molecule has 0 unspecified atom stereocenters. The van der Waals surface area contributed by atoms with Crippen molar-refractivity contribution in [3.05, 3.63) is 35.9 Å². The molecule has 2 heteroatoms. The number of nitrogens with one attached hydrogen (secondary N) is 1. The molecule has 15 heavy (non-hydrogen) atoms. The molecule has 1 aromatic rings. The summed E-state index contributed by atoms with van der Waals surface area (Å²) >= 11 is 0. The molecule has 0 bridgehead atoms. The van der Waals surface area contributed by atoms with E-state index in [9.17, 15) is 0 Å². The van der Waals surface area contributed by atoms with E-state index < -0.39 is 0 Å². The summed E-state index contributed by atoms with van der Waals surface area (Å²) in [6.45, 7) is 8.11. The van der Waals surface area contributed by atoms with Crippen molar-refractivity contribution in [3.63, 3.8) is 0 Å². The van der Waals surface area contributed by atoms with Crippen molar-refractivity contribution in [2.75, 3.05) is 26.2 Å². The van der Waals surface area contributed by atoms with Crippen molar-refractivity contribution < 1.29 is 0 Å². The highest BCUT2D eigenvalue weighted by Crippen LogP contribution is 2.09. The van der Waals surface area contributed by atoms with Crippen LogP contribution in [-0.2, 0) is 6.54 Å². The summed E-state index contributed by atoms with van der Waals surface area (Å²) in [6, 6.07) is 10.7. The van der Waals surface area contributed by atoms with Gasteiger partial charge in [-0.3, -0.25) is 4.90 Å². The lowest BCUT2D eigenvalue weighted by Crippen LogP contribution is -2.48. The fourth-order valence-corrected chi connectivity index (χ4v) is 1.99. The van der Waals surface area contributed by atoms with Gasteiger partial charge in [-0.1, -0.05) is 37.3 Å². The van der Waals surface area contributed by atoms with E-state index in [1.54, 1.807) is 0 Å². The SMILES string of the molecule is CCN(Cc1ccccc1)CC1CNC1. The van der Waals surface area contributed by atoms with Crippen molar-refractivity contribution in [2.24, 2.45) is 5.92 Å². The van der Waals surface area contributed by atoms with E-state index in [2.05, 4.69) is 47.5 Å². The number of hydrogen-bond acceptors (Lipinski definition) is 2. The molecule has 82 valence electrons. The summed E-state index contributed by atoms with van der Waals surface area (Å²) in [5, 5.41) is 3.33. The molecule has 0 aromatic heterocycles. The fraction of sp³-hybridized carbons (Fsp3) is 0.538. The first kappa shape index (κ1) is 10.7. The van der Waals surface area contributed by atoms with Gasteiger partial charge in [-0.2, -0.15) is 0 Å². The molecule has 1 aliphatic heterocycles. The molecule has 0 aliphatic carbocycles. The Morgan fingerprint density at radius 1 is 1.27 bits per heavy atom. The van der Waals surface area contributed by atoms with Crippen LogP contribution < -0.4 is 5.32 Å². The highest BCUT2D eigenvalue weighted by Gasteiger charge is 2.19. The molecule has 0 radical (unpaired) electrons. The van der Waals surface area contributed by atoms with Gasteiger partial charge in [0.1, 0.15) is 0 Å². The van der Waals surface area contributed by atoms with Crippen LogP contribution in [0.1, 0.15) is 12.5 Å². The molecule has 2 rings (SSSR count). The van der Waals surface area contributed by atoms with Gasteiger partial charge in [-0.25, -0.2) is 0 Å². The Balaban J connectivity index is 1.84. The standard InChI is InChI=1S/C13H20N2/c1-2-15(11-13-8-14-9-13)10-12-6-4-3-5-7-12/h3-7,13-14H,2,8-11H2,1H3. The summed E-state index contributed by atoms with van der Waals surface area (Å²) in [6.07, 6.45) is 0. The summed E-state index contributed by atoms with van der Waals surface area (Å²) in [4.78, 5) is 2.53. The Kier molecular flexibility index (Phi) is 3.75. The third-order valence-corrected chi connectivity index (χ3v) is 3.08. The highest BCUT2D eigenvalue weighted by molar-refractivity contribution is 5.14. The Labute approximate surface area is 92.3 Å². The van der Waals surface area contributed by atoms with Gasteiger partial charge in [0.25, 0.3) is 0 Å². The Morgan fingerprint density at radius 2 is 2.00 bits per heavy atom. The molecule has 1 N–H and O–H groups in total. The second-order valence-corrected chi connectivity index (χ2v) is 4.34. The average Bonchev–Trinajstić information content (AvgIpc) is 2.23. The Hall–Kier alpha value is -0.860. The summed E-state index contributed by atoms with van der Waals surface area (Å²) < 4.78 is 0. The van der Waals surface area contributed by atoms with Crippen LogP contribution in [-0.4, -0.2) is 31.1 Å². The maximum absolute atomic E-state index is 3.33. The third-order valence-electron chi connectivity index (χ3n) is 3.08. The van der Waals surface area contributed by atoms with Gasteiger partial charge in [0, 0.05) is 26.2 Å². The molecule has 1 heterocycles. The largest absolute Gasteiger partial charge is 0.316 e. The van der Waals surface area contributed by atoms with Gasteiger partial charge in [0.15, 0.2) is 0 Å². The van der Waals surface area contributed by atoms with Crippen molar-refractivity contribution in [2.45, 2.75) is 13.5 Å². The summed E-state index contributed by atoms with van der Waals surface area (Å²) in [7, 11) is 0. The molecular weight excluding hydrogens is 184 g/mol. The molecule has 2 nitrogen and oxygen atoms in total. The van der Waals surface area contributed by atoms with E-state index in [4.69, 9.17) is 0 Å². The number of benzene rings is 1. The maximum Gasteiger partial charge on any atom is 0.0233 e. The number of rotatable bonds is 5. The van der Waals surface area contributed by atoms with Crippen LogP contribution in [0.5, 0.6) is 0 Å². The average molecular weight is 204 g/mol. The van der Waals surface area contributed by atoms with Crippen LogP contribution in [0.15, 0.2) is 30.3 Å². The van der Waals surface area contributed by atoms with Crippen LogP contribution in [0.4, 0.5) is 0 Å². The third kappa shape index (κ3) is 3.05. The fourth-order valence-electron chi connectivity index (χ4n) is 1.99. The van der Waals surface area contributed by atoms with E-state index in [0.29, 0.717) is 0 Å². The lowest BCUT2D eigenvalue weighted by molar-refractivity contribution is 0.194. The molecule has 0 amide bonds. The lowest BCUT2D eigenvalue weighted by atomic mass is 10.0. The minimum atomic E-state index is 0.869. The zero-order valence-electron chi connectivity index (χ0n) is 9.45. The second kappa shape index (κ2) is 5.29. The Bertz CT molecular complexity index is 280.